The Hall–Kier alpha value is -3.20. The lowest BCUT2D eigenvalue weighted by Gasteiger charge is -2.36. The van der Waals surface area contributed by atoms with Gasteiger partial charge in [-0.05, 0) is 59.1 Å². The summed E-state index contributed by atoms with van der Waals surface area (Å²) in [5, 5.41) is 1.98. The van der Waals surface area contributed by atoms with Crippen LogP contribution in [0.2, 0.25) is 0 Å². The molecule has 0 saturated heterocycles. The summed E-state index contributed by atoms with van der Waals surface area (Å²) in [6, 6.07) is 13.9. The second kappa shape index (κ2) is 7.18. The summed E-state index contributed by atoms with van der Waals surface area (Å²) in [5.41, 5.74) is 9.00. The van der Waals surface area contributed by atoms with Gasteiger partial charge in [-0.15, -0.1) is 0 Å². The third-order valence-electron chi connectivity index (χ3n) is 8.69. The summed E-state index contributed by atoms with van der Waals surface area (Å²) < 4.78 is 24.7. The van der Waals surface area contributed by atoms with Crippen molar-refractivity contribution in [1.82, 2.24) is 0 Å². The van der Waals surface area contributed by atoms with Crippen LogP contribution in [0.5, 0.6) is 0 Å². The fourth-order valence-electron chi connectivity index (χ4n) is 7.62. The summed E-state index contributed by atoms with van der Waals surface area (Å²) in [4.78, 5) is 0. The average Bonchev–Trinajstić information content (AvgIpc) is 3.35. The number of allylic oxidation sites excluding steroid dienone is 4. The summed E-state index contributed by atoms with van der Waals surface area (Å²) >= 11 is 0. The van der Waals surface area contributed by atoms with Crippen LogP contribution in [-0.2, 0) is 7.05 Å². The third kappa shape index (κ3) is 2.98. The highest BCUT2D eigenvalue weighted by atomic mass is 19.1. The van der Waals surface area contributed by atoms with Crippen molar-refractivity contribution in [3.05, 3.63) is 82.8 Å². The number of pyridine rings is 1. The molecule has 0 amide bonds. The SMILES string of the molecule is Cc1ccc2c(oc3c(C4=CC5=C(C(C)(C)CC5(C)C)C4(C)C)c(F)ccc32)c1-c1cccc[n+]1C. The summed E-state index contributed by atoms with van der Waals surface area (Å²) in [7, 11) is 2.05. The fraction of sp³-hybridized carbons (Fsp3) is 0.364. The van der Waals surface area contributed by atoms with E-state index in [1.807, 2.05) is 31.4 Å². The molecule has 2 aliphatic carbocycles. The van der Waals surface area contributed by atoms with Crippen molar-refractivity contribution in [2.75, 3.05) is 0 Å². The summed E-state index contributed by atoms with van der Waals surface area (Å²) in [6.45, 7) is 15.9. The zero-order chi connectivity index (χ0) is 25.8. The second-order valence-corrected chi connectivity index (χ2v) is 12.6. The third-order valence-corrected chi connectivity index (χ3v) is 8.69. The zero-order valence-electron chi connectivity index (χ0n) is 22.6. The smallest absolute Gasteiger partial charge is 0.216 e. The summed E-state index contributed by atoms with van der Waals surface area (Å²) in [5.74, 6) is -0.221. The van der Waals surface area contributed by atoms with E-state index in [0.717, 1.165) is 45.2 Å². The molecule has 36 heavy (non-hydrogen) atoms. The van der Waals surface area contributed by atoms with Crippen molar-refractivity contribution in [2.45, 2.75) is 54.9 Å². The highest BCUT2D eigenvalue weighted by Crippen LogP contribution is 2.65. The van der Waals surface area contributed by atoms with Gasteiger partial charge in [-0.1, -0.05) is 65.3 Å². The van der Waals surface area contributed by atoms with Gasteiger partial charge < -0.3 is 4.42 Å². The molecule has 0 bridgehead atoms. The Morgan fingerprint density at radius 1 is 0.833 bits per heavy atom. The van der Waals surface area contributed by atoms with Crippen LogP contribution >= 0.6 is 0 Å². The molecular formula is C33H35FNO+. The number of halogens is 1. The first-order chi connectivity index (χ1) is 16.8. The average molecular weight is 481 g/mol. The van der Waals surface area contributed by atoms with E-state index < -0.39 is 0 Å². The lowest BCUT2D eigenvalue weighted by atomic mass is 9.67. The van der Waals surface area contributed by atoms with Gasteiger partial charge in [-0.2, -0.15) is 0 Å². The molecule has 2 nitrogen and oxygen atoms in total. The monoisotopic (exact) mass is 480 g/mol. The molecule has 0 N–H and O–H groups in total. The van der Waals surface area contributed by atoms with E-state index in [1.165, 1.54) is 11.1 Å². The molecule has 0 fully saturated rings. The molecule has 0 spiro atoms. The molecule has 6 rings (SSSR count). The van der Waals surface area contributed by atoms with Crippen molar-refractivity contribution in [1.29, 1.82) is 0 Å². The number of nitrogens with zero attached hydrogens (tertiary/aromatic N) is 1. The standard InChI is InChI=1S/C33H35FNO/c1-19-12-13-20-21-14-15-24(34)27(29(21)36-28(20)26(19)25-11-9-10-16-35(25)8)22-17-23-30(33(22,6)7)32(4,5)18-31(23,2)3/h9-17H,18H2,1-8H3/q+1. The maximum Gasteiger partial charge on any atom is 0.216 e. The number of rotatable bonds is 2. The Bertz CT molecular complexity index is 1660. The largest absolute Gasteiger partial charge is 0.454 e. The molecule has 2 heterocycles. The number of furan rings is 1. The second-order valence-electron chi connectivity index (χ2n) is 12.6. The molecule has 0 saturated carbocycles. The Balaban J connectivity index is 1.66. The molecule has 0 unspecified atom stereocenters. The molecule has 0 radical (unpaired) electrons. The summed E-state index contributed by atoms with van der Waals surface area (Å²) in [6.07, 6.45) is 5.42. The van der Waals surface area contributed by atoms with Crippen LogP contribution in [0.4, 0.5) is 4.39 Å². The Kier molecular flexibility index (Phi) is 4.63. The van der Waals surface area contributed by atoms with Crippen LogP contribution in [0.25, 0.3) is 38.8 Å². The molecule has 4 aromatic rings. The van der Waals surface area contributed by atoms with E-state index in [9.17, 15) is 0 Å². The van der Waals surface area contributed by atoms with E-state index in [4.69, 9.17) is 4.42 Å². The van der Waals surface area contributed by atoms with Crippen LogP contribution in [0.1, 0.15) is 59.1 Å². The van der Waals surface area contributed by atoms with Crippen molar-refractivity contribution in [2.24, 2.45) is 23.3 Å². The maximum atomic E-state index is 15.8. The number of aryl methyl sites for hydroxylation is 2. The minimum absolute atomic E-state index is 0.0580. The molecule has 0 atom stereocenters. The first-order valence-corrected chi connectivity index (χ1v) is 12.9. The molecular weight excluding hydrogens is 445 g/mol. The topological polar surface area (TPSA) is 17.0 Å². The number of aromatic nitrogens is 1. The molecule has 0 aliphatic heterocycles. The Labute approximate surface area is 213 Å². The van der Waals surface area contributed by atoms with Crippen LogP contribution in [0.15, 0.2) is 70.3 Å². The number of hydrogen-bond donors (Lipinski definition) is 0. The molecule has 2 aromatic heterocycles. The highest BCUT2D eigenvalue weighted by molar-refractivity contribution is 6.12. The number of benzene rings is 2. The van der Waals surface area contributed by atoms with Crippen LogP contribution in [0, 0.1) is 29.0 Å². The predicted octanol–water partition coefficient (Wildman–Crippen LogP) is 8.70. The quantitative estimate of drug-likeness (QED) is 0.262. The van der Waals surface area contributed by atoms with E-state index in [-0.39, 0.29) is 22.1 Å². The lowest BCUT2D eigenvalue weighted by Crippen LogP contribution is -2.30. The van der Waals surface area contributed by atoms with Gasteiger partial charge in [0.2, 0.25) is 5.69 Å². The normalized spacial score (nSPS) is 19.9. The molecule has 2 aromatic carbocycles. The number of hydrogen-bond acceptors (Lipinski definition) is 1. The van der Waals surface area contributed by atoms with E-state index in [2.05, 4.69) is 77.3 Å². The van der Waals surface area contributed by atoms with Crippen molar-refractivity contribution in [3.8, 4) is 11.3 Å². The molecule has 3 heteroatoms. The minimum atomic E-state index is -0.286. The number of fused-ring (bicyclic) bond motifs is 3. The van der Waals surface area contributed by atoms with Gasteiger partial charge in [0.15, 0.2) is 6.20 Å². The molecule has 184 valence electrons. The van der Waals surface area contributed by atoms with Crippen LogP contribution in [-0.4, -0.2) is 0 Å². The Morgan fingerprint density at radius 2 is 1.50 bits per heavy atom. The zero-order valence-corrected chi connectivity index (χ0v) is 22.6. The molecule has 2 aliphatic rings. The van der Waals surface area contributed by atoms with E-state index in [0.29, 0.717) is 11.1 Å². The van der Waals surface area contributed by atoms with Gasteiger partial charge in [0.1, 0.15) is 24.0 Å². The van der Waals surface area contributed by atoms with Crippen molar-refractivity contribution < 1.29 is 13.4 Å². The lowest BCUT2D eigenvalue weighted by molar-refractivity contribution is -0.660. The van der Waals surface area contributed by atoms with E-state index in [1.54, 1.807) is 6.07 Å². The predicted molar refractivity (Wildman–Crippen MR) is 146 cm³/mol. The first-order valence-electron chi connectivity index (χ1n) is 12.9. The van der Waals surface area contributed by atoms with Crippen LogP contribution in [0.3, 0.4) is 0 Å². The highest BCUT2D eigenvalue weighted by Gasteiger charge is 2.53. The van der Waals surface area contributed by atoms with Crippen LogP contribution < -0.4 is 4.57 Å². The first kappa shape index (κ1) is 23.2. The van der Waals surface area contributed by atoms with Crippen molar-refractivity contribution >= 4 is 27.5 Å². The van der Waals surface area contributed by atoms with Gasteiger partial charge in [0.25, 0.3) is 0 Å². The van der Waals surface area contributed by atoms with Crippen molar-refractivity contribution in [3.63, 3.8) is 0 Å². The van der Waals surface area contributed by atoms with Gasteiger partial charge in [-0.3, -0.25) is 0 Å². The van der Waals surface area contributed by atoms with Gasteiger partial charge in [0.05, 0.1) is 11.1 Å². The fourth-order valence-corrected chi connectivity index (χ4v) is 7.62. The maximum absolute atomic E-state index is 15.8. The van der Waals surface area contributed by atoms with Gasteiger partial charge >= 0.3 is 0 Å². The Morgan fingerprint density at radius 3 is 2.17 bits per heavy atom. The minimum Gasteiger partial charge on any atom is -0.454 e. The van der Waals surface area contributed by atoms with Gasteiger partial charge in [0, 0.05) is 28.3 Å². The van der Waals surface area contributed by atoms with Gasteiger partial charge in [-0.25, -0.2) is 8.96 Å². The van der Waals surface area contributed by atoms with E-state index >= 15 is 4.39 Å².